The second-order valence-electron chi connectivity index (χ2n) is 4.56. The minimum Gasteiger partial charge on any atom is -0.380 e. The van der Waals surface area contributed by atoms with Gasteiger partial charge in [0.25, 0.3) is 0 Å². The quantitative estimate of drug-likeness (QED) is 0.877. The van der Waals surface area contributed by atoms with Crippen LogP contribution in [-0.4, -0.2) is 31.3 Å². The molecule has 1 aromatic heterocycles. The number of aromatic nitrogens is 1. The molecule has 2 atom stereocenters. The van der Waals surface area contributed by atoms with Gasteiger partial charge in [0.15, 0.2) is 0 Å². The van der Waals surface area contributed by atoms with Crippen LogP contribution in [0.3, 0.4) is 0 Å². The lowest BCUT2D eigenvalue weighted by Crippen LogP contribution is -2.43. The molecule has 0 aliphatic carbocycles. The SMILES string of the molecule is CNC(Cc1cncc(Br)c1)C(OC)C(C)C. The van der Waals surface area contributed by atoms with E-state index in [9.17, 15) is 0 Å². The van der Waals surface area contributed by atoms with Crippen LogP contribution in [0.25, 0.3) is 0 Å². The molecule has 0 aromatic carbocycles. The van der Waals surface area contributed by atoms with E-state index in [2.05, 4.69) is 46.1 Å². The Bertz CT molecular complexity index is 344. The van der Waals surface area contributed by atoms with Crippen LogP contribution in [0, 0.1) is 5.92 Å². The van der Waals surface area contributed by atoms with E-state index in [1.165, 1.54) is 5.56 Å². The van der Waals surface area contributed by atoms with Crippen molar-refractivity contribution < 1.29 is 4.74 Å². The zero-order chi connectivity index (χ0) is 12.8. The monoisotopic (exact) mass is 300 g/mol. The third-order valence-electron chi connectivity index (χ3n) is 2.91. The molecule has 96 valence electrons. The fourth-order valence-electron chi connectivity index (χ4n) is 2.10. The molecule has 0 aliphatic rings. The summed E-state index contributed by atoms with van der Waals surface area (Å²) in [5.41, 5.74) is 1.21. The summed E-state index contributed by atoms with van der Waals surface area (Å²) >= 11 is 3.44. The number of pyridine rings is 1. The van der Waals surface area contributed by atoms with E-state index >= 15 is 0 Å². The summed E-state index contributed by atoms with van der Waals surface area (Å²) in [6.45, 7) is 4.36. The van der Waals surface area contributed by atoms with Crippen LogP contribution in [0.15, 0.2) is 22.9 Å². The molecule has 4 heteroatoms. The number of nitrogens with zero attached hydrogens (tertiary/aromatic N) is 1. The Balaban J connectivity index is 2.75. The molecule has 2 unspecified atom stereocenters. The molecule has 1 N–H and O–H groups in total. The molecule has 17 heavy (non-hydrogen) atoms. The van der Waals surface area contributed by atoms with E-state index in [1.807, 2.05) is 13.2 Å². The first-order valence-electron chi connectivity index (χ1n) is 5.88. The largest absolute Gasteiger partial charge is 0.380 e. The molecule has 0 radical (unpaired) electrons. The van der Waals surface area contributed by atoms with Gasteiger partial charge in [0.1, 0.15) is 0 Å². The highest BCUT2D eigenvalue weighted by Crippen LogP contribution is 2.16. The maximum Gasteiger partial charge on any atom is 0.0750 e. The van der Waals surface area contributed by atoms with Gasteiger partial charge in [-0.25, -0.2) is 0 Å². The van der Waals surface area contributed by atoms with Crippen LogP contribution < -0.4 is 5.32 Å². The molecule has 1 rings (SSSR count). The Hall–Kier alpha value is -0.450. The molecule has 1 heterocycles. The summed E-state index contributed by atoms with van der Waals surface area (Å²) in [5.74, 6) is 0.484. The van der Waals surface area contributed by atoms with Crippen molar-refractivity contribution in [3.63, 3.8) is 0 Å². The van der Waals surface area contributed by atoms with E-state index < -0.39 is 0 Å². The highest BCUT2D eigenvalue weighted by Gasteiger charge is 2.23. The number of halogens is 1. The van der Waals surface area contributed by atoms with Gasteiger partial charge in [0.2, 0.25) is 0 Å². The molecule has 1 aromatic rings. The summed E-state index contributed by atoms with van der Waals surface area (Å²) < 4.78 is 6.59. The van der Waals surface area contributed by atoms with Crippen LogP contribution in [-0.2, 0) is 11.2 Å². The molecule has 0 aliphatic heterocycles. The number of ether oxygens (including phenoxy) is 1. The van der Waals surface area contributed by atoms with Gasteiger partial charge in [0.05, 0.1) is 6.10 Å². The lowest BCUT2D eigenvalue weighted by atomic mass is 9.94. The molecule has 0 saturated carbocycles. The van der Waals surface area contributed by atoms with E-state index in [-0.39, 0.29) is 6.10 Å². The van der Waals surface area contributed by atoms with Gasteiger partial charge >= 0.3 is 0 Å². The Morgan fingerprint density at radius 1 is 1.41 bits per heavy atom. The topological polar surface area (TPSA) is 34.2 Å². The summed E-state index contributed by atoms with van der Waals surface area (Å²) in [6.07, 6.45) is 4.83. The standard InChI is InChI=1S/C13H21BrN2O/c1-9(2)13(17-4)12(15-3)6-10-5-11(14)8-16-7-10/h5,7-9,12-13,15H,6H2,1-4H3. The van der Waals surface area contributed by atoms with Gasteiger partial charge in [-0.05, 0) is 46.9 Å². The normalized spacial score (nSPS) is 14.9. The Morgan fingerprint density at radius 2 is 2.12 bits per heavy atom. The number of rotatable bonds is 6. The molecular formula is C13H21BrN2O. The van der Waals surface area contributed by atoms with Gasteiger partial charge in [-0.3, -0.25) is 4.98 Å². The van der Waals surface area contributed by atoms with Gasteiger partial charge in [-0.1, -0.05) is 13.8 Å². The van der Waals surface area contributed by atoms with Crippen molar-refractivity contribution in [1.29, 1.82) is 0 Å². The minimum absolute atomic E-state index is 0.207. The van der Waals surface area contributed by atoms with Crippen molar-refractivity contribution in [1.82, 2.24) is 10.3 Å². The summed E-state index contributed by atoms with van der Waals surface area (Å²) in [5, 5.41) is 3.33. The molecular weight excluding hydrogens is 280 g/mol. The van der Waals surface area contributed by atoms with Crippen LogP contribution in [0.2, 0.25) is 0 Å². The fourth-order valence-corrected chi connectivity index (χ4v) is 2.52. The molecule has 0 bridgehead atoms. The van der Waals surface area contributed by atoms with Gasteiger partial charge in [-0.15, -0.1) is 0 Å². The molecule has 0 saturated heterocycles. The van der Waals surface area contributed by atoms with Crippen molar-refractivity contribution in [3.05, 3.63) is 28.5 Å². The number of hydrogen-bond acceptors (Lipinski definition) is 3. The van der Waals surface area contributed by atoms with E-state index in [0.717, 1.165) is 10.9 Å². The summed E-state index contributed by atoms with van der Waals surface area (Å²) in [4.78, 5) is 4.19. The first-order chi connectivity index (χ1) is 8.08. The molecule has 0 amide bonds. The Kier molecular flexibility index (Phi) is 6.09. The smallest absolute Gasteiger partial charge is 0.0750 e. The maximum atomic E-state index is 5.57. The van der Waals surface area contributed by atoms with Gasteiger partial charge in [0, 0.05) is 30.0 Å². The first kappa shape index (κ1) is 14.6. The van der Waals surface area contributed by atoms with Crippen LogP contribution in [0.4, 0.5) is 0 Å². The van der Waals surface area contributed by atoms with E-state index in [1.54, 1.807) is 13.3 Å². The molecule has 0 spiro atoms. The van der Waals surface area contributed by atoms with Gasteiger partial charge in [-0.2, -0.15) is 0 Å². The Morgan fingerprint density at radius 3 is 2.59 bits per heavy atom. The predicted octanol–water partition coefficient (Wildman–Crippen LogP) is 2.65. The average molecular weight is 301 g/mol. The minimum atomic E-state index is 0.207. The van der Waals surface area contributed by atoms with Gasteiger partial charge < -0.3 is 10.1 Å². The summed E-state index contributed by atoms with van der Waals surface area (Å²) in [7, 11) is 3.75. The van der Waals surface area contributed by atoms with Crippen molar-refractivity contribution in [3.8, 4) is 0 Å². The van der Waals surface area contributed by atoms with E-state index in [0.29, 0.717) is 12.0 Å². The van der Waals surface area contributed by atoms with Crippen molar-refractivity contribution >= 4 is 15.9 Å². The zero-order valence-electron chi connectivity index (χ0n) is 10.9. The molecule has 0 fully saturated rings. The zero-order valence-corrected chi connectivity index (χ0v) is 12.5. The van der Waals surface area contributed by atoms with E-state index in [4.69, 9.17) is 4.74 Å². The number of nitrogens with one attached hydrogen (secondary N) is 1. The maximum absolute atomic E-state index is 5.57. The highest BCUT2D eigenvalue weighted by molar-refractivity contribution is 9.10. The first-order valence-corrected chi connectivity index (χ1v) is 6.67. The van der Waals surface area contributed by atoms with Crippen LogP contribution in [0.1, 0.15) is 19.4 Å². The summed E-state index contributed by atoms with van der Waals surface area (Å²) in [6, 6.07) is 2.40. The lowest BCUT2D eigenvalue weighted by Gasteiger charge is -2.28. The predicted molar refractivity (Wildman–Crippen MR) is 74.1 cm³/mol. The van der Waals surface area contributed by atoms with Crippen molar-refractivity contribution in [2.45, 2.75) is 32.4 Å². The lowest BCUT2D eigenvalue weighted by molar-refractivity contribution is 0.0354. The van der Waals surface area contributed by atoms with Crippen LogP contribution in [0.5, 0.6) is 0 Å². The second-order valence-corrected chi connectivity index (χ2v) is 5.47. The average Bonchev–Trinajstić information content (AvgIpc) is 2.28. The number of methoxy groups -OCH3 is 1. The third kappa shape index (κ3) is 4.37. The number of likely N-dealkylation sites (N-methyl/N-ethyl adjacent to an activating group) is 1. The van der Waals surface area contributed by atoms with Crippen molar-refractivity contribution in [2.75, 3.05) is 14.2 Å². The fraction of sp³-hybridized carbons (Fsp3) is 0.615. The highest BCUT2D eigenvalue weighted by atomic mass is 79.9. The van der Waals surface area contributed by atoms with Crippen LogP contribution >= 0.6 is 15.9 Å². The Labute approximate surface area is 112 Å². The molecule has 3 nitrogen and oxygen atoms in total. The van der Waals surface area contributed by atoms with Crippen molar-refractivity contribution in [2.24, 2.45) is 5.92 Å². The second kappa shape index (κ2) is 7.09. The third-order valence-corrected chi connectivity index (χ3v) is 3.35. The number of hydrogen-bond donors (Lipinski definition) is 1.